The van der Waals surface area contributed by atoms with Crippen LogP contribution in [0, 0.1) is 11.3 Å². The number of halogens is 3. The molecule has 0 amide bonds. The molecule has 0 unspecified atom stereocenters. The lowest BCUT2D eigenvalue weighted by Crippen LogP contribution is -2.62. The normalized spacial score (nSPS) is 20.5. The molecule has 2 fully saturated rings. The zero-order valence-electron chi connectivity index (χ0n) is 14.1. The molecule has 1 aromatic carbocycles. The van der Waals surface area contributed by atoms with E-state index in [0.717, 1.165) is 43.1 Å². The largest absolute Gasteiger partial charge is 0.441 e. The average molecular weight is 368 g/mol. The van der Waals surface area contributed by atoms with Gasteiger partial charge in [0.25, 0.3) is 0 Å². The molecule has 26 heavy (non-hydrogen) atoms. The van der Waals surface area contributed by atoms with Gasteiger partial charge in [-0.3, -0.25) is 0 Å². The summed E-state index contributed by atoms with van der Waals surface area (Å²) in [6.45, 7) is 3.89. The van der Waals surface area contributed by atoms with Crippen molar-refractivity contribution in [2.24, 2.45) is 11.3 Å². The van der Waals surface area contributed by atoms with Gasteiger partial charge < -0.3 is 15.1 Å². The SMILES string of the molecule is C[C@H](Nc1cc(-n2ncoc2=O)ccc1C(F)(F)F)C1CC2(CNC2)C1. The minimum absolute atomic E-state index is 0.0508. The first kappa shape index (κ1) is 17.1. The fourth-order valence-electron chi connectivity index (χ4n) is 3.95. The first-order chi connectivity index (χ1) is 12.3. The monoisotopic (exact) mass is 368 g/mol. The highest BCUT2D eigenvalue weighted by molar-refractivity contribution is 5.58. The van der Waals surface area contributed by atoms with Crippen LogP contribution in [0.4, 0.5) is 18.9 Å². The summed E-state index contributed by atoms with van der Waals surface area (Å²) in [5, 5.41) is 9.99. The van der Waals surface area contributed by atoms with E-state index in [2.05, 4.69) is 20.1 Å². The lowest BCUT2D eigenvalue weighted by Gasteiger charge is -2.56. The number of hydrogen-bond donors (Lipinski definition) is 2. The molecule has 1 aromatic heterocycles. The summed E-state index contributed by atoms with van der Waals surface area (Å²) in [7, 11) is 0. The Labute approximate surface area is 147 Å². The lowest BCUT2D eigenvalue weighted by atomic mass is 9.57. The van der Waals surface area contributed by atoms with E-state index in [1.54, 1.807) is 0 Å². The summed E-state index contributed by atoms with van der Waals surface area (Å²) in [5.74, 6) is -0.418. The number of benzene rings is 1. The third-order valence-corrected chi connectivity index (χ3v) is 5.52. The molecule has 1 aliphatic carbocycles. The maximum absolute atomic E-state index is 13.4. The Morgan fingerprint density at radius 3 is 2.65 bits per heavy atom. The molecule has 2 N–H and O–H groups in total. The van der Waals surface area contributed by atoms with Crippen LogP contribution in [0.2, 0.25) is 0 Å². The molecule has 4 rings (SSSR count). The molecule has 140 valence electrons. The van der Waals surface area contributed by atoms with Crippen molar-refractivity contribution in [2.45, 2.75) is 32.0 Å². The van der Waals surface area contributed by atoms with Gasteiger partial charge in [0.15, 0.2) is 0 Å². The van der Waals surface area contributed by atoms with Crippen molar-refractivity contribution in [3.8, 4) is 5.69 Å². The van der Waals surface area contributed by atoms with Gasteiger partial charge in [0.2, 0.25) is 6.39 Å². The van der Waals surface area contributed by atoms with E-state index in [-0.39, 0.29) is 17.4 Å². The second-order valence-electron chi connectivity index (χ2n) is 7.35. The Kier molecular flexibility index (Phi) is 3.87. The van der Waals surface area contributed by atoms with E-state index in [1.165, 1.54) is 12.1 Å². The summed E-state index contributed by atoms with van der Waals surface area (Å²) >= 11 is 0. The van der Waals surface area contributed by atoms with Gasteiger partial charge in [-0.25, -0.2) is 4.79 Å². The van der Waals surface area contributed by atoms with Gasteiger partial charge in [0.1, 0.15) is 0 Å². The van der Waals surface area contributed by atoms with Crippen molar-refractivity contribution < 1.29 is 17.6 Å². The van der Waals surface area contributed by atoms with Crippen LogP contribution < -0.4 is 16.4 Å². The highest BCUT2D eigenvalue weighted by atomic mass is 19.4. The van der Waals surface area contributed by atoms with Crippen molar-refractivity contribution in [1.82, 2.24) is 15.1 Å². The molecule has 1 saturated carbocycles. The van der Waals surface area contributed by atoms with Gasteiger partial charge in [-0.05, 0) is 49.3 Å². The Morgan fingerprint density at radius 1 is 1.38 bits per heavy atom. The summed E-state index contributed by atoms with van der Waals surface area (Å²) in [4.78, 5) is 11.6. The highest BCUT2D eigenvalue weighted by Crippen LogP contribution is 2.50. The molecule has 0 bridgehead atoms. The molecular formula is C17H19F3N4O2. The Morgan fingerprint density at radius 2 is 2.12 bits per heavy atom. The molecule has 1 atom stereocenters. The number of anilines is 1. The topological polar surface area (TPSA) is 72.1 Å². The fourth-order valence-corrected chi connectivity index (χ4v) is 3.95. The van der Waals surface area contributed by atoms with Crippen LogP contribution in [-0.4, -0.2) is 28.9 Å². The zero-order chi connectivity index (χ0) is 18.5. The first-order valence-corrected chi connectivity index (χ1v) is 8.49. The second kappa shape index (κ2) is 5.87. The summed E-state index contributed by atoms with van der Waals surface area (Å²) in [5.41, 5.74) is -0.239. The molecule has 1 aliphatic heterocycles. The lowest BCUT2D eigenvalue weighted by molar-refractivity contribution is -0.137. The van der Waals surface area contributed by atoms with Gasteiger partial charge in [-0.1, -0.05) is 0 Å². The standard InChI is InChI=1S/C17H19F3N4O2/c1-10(11-5-16(6-11)7-21-8-16)23-14-4-12(24-15(25)26-9-22-24)2-3-13(14)17(18,19)20/h2-4,9-11,21,23H,5-8H2,1H3/t10-/m0/s1. The highest BCUT2D eigenvalue weighted by Gasteiger charge is 2.50. The van der Waals surface area contributed by atoms with Crippen molar-refractivity contribution in [3.63, 3.8) is 0 Å². The molecule has 9 heteroatoms. The van der Waals surface area contributed by atoms with Crippen LogP contribution >= 0.6 is 0 Å². The number of hydrogen-bond acceptors (Lipinski definition) is 5. The number of rotatable bonds is 4. The quantitative estimate of drug-likeness (QED) is 0.868. The van der Waals surface area contributed by atoms with Crippen LogP contribution in [0.25, 0.3) is 5.69 Å². The maximum atomic E-state index is 13.4. The van der Waals surface area contributed by atoms with Crippen LogP contribution in [-0.2, 0) is 6.18 Å². The Balaban J connectivity index is 1.60. The summed E-state index contributed by atoms with van der Waals surface area (Å²) in [6.07, 6.45) is -1.51. The second-order valence-corrected chi connectivity index (χ2v) is 7.35. The minimum Gasteiger partial charge on any atom is -0.395 e. The van der Waals surface area contributed by atoms with Gasteiger partial charge in [-0.2, -0.15) is 17.9 Å². The summed E-state index contributed by atoms with van der Waals surface area (Å²) in [6, 6.07) is 3.36. The van der Waals surface area contributed by atoms with E-state index in [4.69, 9.17) is 0 Å². The van der Waals surface area contributed by atoms with Gasteiger partial charge in [0.05, 0.1) is 11.3 Å². The molecular weight excluding hydrogens is 349 g/mol. The van der Waals surface area contributed by atoms with E-state index in [1.807, 2.05) is 6.92 Å². The van der Waals surface area contributed by atoms with Crippen LogP contribution in [0.1, 0.15) is 25.3 Å². The van der Waals surface area contributed by atoms with Gasteiger partial charge in [0, 0.05) is 24.8 Å². The molecule has 1 saturated heterocycles. The van der Waals surface area contributed by atoms with Crippen molar-refractivity contribution in [1.29, 1.82) is 0 Å². The smallest absolute Gasteiger partial charge is 0.395 e. The minimum atomic E-state index is -4.49. The van der Waals surface area contributed by atoms with Crippen LogP contribution in [0.3, 0.4) is 0 Å². The van der Waals surface area contributed by atoms with E-state index >= 15 is 0 Å². The van der Waals surface area contributed by atoms with E-state index in [0.29, 0.717) is 11.3 Å². The fraction of sp³-hybridized carbons (Fsp3) is 0.529. The van der Waals surface area contributed by atoms with E-state index < -0.39 is 17.5 Å². The van der Waals surface area contributed by atoms with E-state index in [9.17, 15) is 18.0 Å². The maximum Gasteiger partial charge on any atom is 0.441 e. The predicted molar refractivity (Wildman–Crippen MR) is 88.2 cm³/mol. The molecule has 0 radical (unpaired) electrons. The van der Waals surface area contributed by atoms with Crippen LogP contribution in [0.5, 0.6) is 0 Å². The predicted octanol–water partition coefficient (Wildman–Crippen LogP) is 2.64. The van der Waals surface area contributed by atoms with Gasteiger partial charge in [-0.15, -0.1) is 5.10 Å². The molecule has 6 nitrogen and oxygen atoms in total. The van der Waals surface area contributed by atoms with Crippen molar-refractivity contribution >= 4 is 5.69 Å². The molecule has 2 aromatic rings. The van der Waals surface area contributed by atoms with Crippen molar-refractivity contribution in [3.05, 3.63) is 40.7 Å². The first-order valence-electron chi connectivity index (χ1n) is 8.49. The number of aromatic nitrogens is 2. The number of nitrogens with one attached hydrogen (secondary N) is 2. The van der Waals surface area contributed by atoms with Crippen LogP contribution in [0.15, 0.2) is 33.8 Å². The molecule has 2 heterocycles. The average Bonchev–Trinajstić information content (AvgIpc) is 2.89. The Bertz CT molecular complexity index is 861. The molecule has 2 aliphatic rings. The zero-order valence-corrected chi connectivity index (χ0v) is 14.1. The number of alkyl halides is 3. The van der Waals surface area contributed by atoms with Gasteiger partial charge >= 0.3 is 11.9 Å². The third-order valence-electron chi connectivity index (χ3n) is 5.52. The van der Waals surface area contributed by atoms with Crippen molar-refractivity contribution in [2.75, 3.05) is 18.4 Å². The third kappa shape index (κ3) is 2.90. The summed E-state index contributed by atoms with van der Waals surface area (Å²) < 4.78 is 45.7. The number of nitrogens with zero attached hydrogens (tertiary/aromatic N) is 2. The molecule has 1 spiro atoms. The Hall–Kier alpha value is -2.29.